The lowest BCUT2D eigenvalue weighted by Gasteiger charge is -2.40. The lowest BCUT2D eigenvalue weighted by atomic mass is 9.66. The van der Waals surface area contributed by atoms with E-state index < -0.39 is 5.92 Å². The summed E-state index contributed by atoms with van der Waals surface area (Å²) in [5.41, 5.74) is 1.79. The monoisotopic (exact) mass is 346 g/mol. The van der Waals surface area contributed by atoms with Crippen molar-refractivity contribution < 1.29 is 8.78 Å². The van der Waals surface area contributed by atoms with Gasteiger partial charge in [0.15, 0.2) is 5.43 Å². The molecule has 4 rings (SSSR count). The van der Waals surface area contributed by atoms with Crippen LogP contribution in [0.1, 0.15) is 63.0 Å². The minimum atomic E-state index is -2.48. The Morgan fingerprint density at radius 3 is 2.68 bits per heavy atom. The molecule has 2 aliphatic rings. The number of nitrogens with one attached hydrogen (secondary N) is 1. The molecule has 0 aromatic carbocycles. The first-order valence-electron chi connectivity index (χ1n) is 9.38. The molecule has 2 saturated carbocycles. The van der Waals surface area contributed by atoms with E-state index in [4.69, 9.17) is 0 Å². The van der Waals surface area contributed by atoms with Gasteiger partial charge in [0, 0.05) is 42.9 Å². The minimum Gasteiger partial charge on any atom is -0.358 e. The number of nitrogens with zero attached hydrogens (tertiary/aromatic N) is 1. The Labute approximate surface area is 145 Å². The third-order valence-electron chi connectivity index (χ3n) is 6.24. The smallest absolute Gasteiger partial charge is 0.248 e. The molecule has 1 N–H and O–H groups in total. The van der Waals surface area contributed by atoms with Gasteiger partial charge < -0.3 is 4.98 Å². The van der Waals surface area contributed by atoms with Gasteiger partial charge in [-0.15, -0.1) is 0 Å². The van der Waals surface area contributed by atoms with Crippen molar-refractivity contribution in [3.63, 3.8) is 0 Å². The van der Waals surface area contributed by atoms with Crippen molar-refractivity contribution in [1.29, 1.82) is 0 Å². The summed E-state index contributed by atoms with van der Waals surface area (Å²) in [6.45, 7) is 0. The molecule has 0 radical (unpaired) electrons. The van der Waals surface area contributed by atoms with Crippen LogP contribution in [0.5, 0.6) is 0 Å². The largest absolute Gasteiger partial charge is 0.358 e. The van der Waals surface area contributed by atoms with Crippen molar-refractivity contribution in [2.24, 2.45) is 11.8 Å². The van der Waals surface area contributed by atoms with Gasteiger partial charge in [0.25, 0.3) is 0 Å². The molecular formula is C20H24F2N2O. The number of rotatable bonds is 2. The van der Waals surface area contributed by atoms with Crippen LogP contribution in [-0.4, -0.2) is 15.9 Å². The highest BCUT2D eigenvalue weighted by Gasteiger charge is 2.40. The first kappa shape index (κ1) is 16.7. The van der Waals surface area contributed by atoms with E-state index in [1.165, 1.54) is 0 Å². The van der Waals surface area contributed by atoms with Crippen LogP contribution in [0, 0.1) is 11.8 Å². The number of H-pyrrole nitrogens is 1. The molecule has 3 nitrogen and oxygen atoms in total. The number of hydrogen-bond acceptors (Lipinski definition) is 2. The number of hydrogen-bond donors (Lipinski definition) is 1. The fraction of sp³-hybridized carbons (Fsp3) is 0.600. The lowest BCUT2D eigenvalue weighted by Crippen LogP contribution is -2.33. The maximum absolute atomic E-state index is 13.5. The summed E-state index contributed by atoms with van der Waals surface area (Å²) in [4.78, 5) is 19.9. The molecule has 2 aromatic rings. The zero-order valence-corrected chi connectivity index (χ0v) is 14.3. The zero-order valence-electron chi connectivity index (χ0n) is 14.3. The lowest BCUT2D eigenvalue weighted by molar-refractivity contribution is -0.0557. The average molecular weight is 346 g/mol. The van der Waals surface area contributed by atoms with Crippen molar-refractivity contribution in [2.75, 3.05) is 0 Å². The normalized spacial score (nSPS) is 27.4. The van der Waals surface area contributed by atoms with Gasteiger partial charge in [-0.05, 0) is 43.6 Å². The van der Waals surface area contributed by atoms with E-state index in [1.54, 1.807) is 18.5 Å². The molecule has 0 bridgehead atoms. The molecule has 0 aliphatic heterocycles. The van der Waals surface area contributed by atoms with Crippen LogP contribution in [0.15, 0.2) is 29.3 Å². The summed E-state index contributed by atoms with van der Waals surface area (Å²) in [6, 6.07) is 3.55. The molecule has 2 aliphatic carbocycles. The quantitative estimate of drug-likeness (QED) is 0.829. The van der Waals surface area contributed by atoms with Gasteiger partial charge in [0.2, 0.25) is 5.92 Å². The molecule has 134 valence electrons. The number of fused-ring (bicyclic) bond motifs is 1. The fourth-order valence-electron chi connectivity index (χ4n) is 4.91. The summed E-state index contributed by atoms with van der Waals surface area (Å²) in [7, 11) is 0. The highest BCUT2D eigenvalue weighted by Crippen LogP contribution is 2.48. The molecule has 2 aromatic heterocycles. The Morgan fingerprint density at radius 1 is 1.12 bits per heavy atom. The SMILES string of the molecule is O=c1cc(C2CCCCC2C2CCC(F)(F)CC2)[nH]c2ccncc12. The maximum atomic E-state index is 13.5. The van der Waals surface area contributed by atoms with Gasteiger partial charge in [-0.2, -0.15) is 0 Å². The summed E-state index contributed by atoms with van der Waals surface area (Å²) in [5, 5.41) is 0.607. The van der Waals surface area contributed by atoms with E-state index in [0.717, 1.165) is 36.9 Å². The number of aromatic amines is 1. The third-order valence-corrected chi connectivity index (χ3v) is 6.24. The molecule has 2 fully saturated rings. The van der Waals surface area contributed by atoms with Gasteiger partial charge in [0.05, 0.1) is 10.9 Å². The predicted molar refractivity (Wildman–Crippen MR) is 94.0 cm³/mol. The molecule has 2 atom stereocenters. The van der Waals surface area contributed by atoms with Crippen molar-refractivity contribution in [2.45, 2.75) is 63.2 Å². The summed E-state index contributed by atoms with van der Waals surface area (Å²) in [5.74, 6) is -1.46. The molecule has 2 heterocycles. The summed E-state index contributed by atoms with van der Waals surface area (Å²) >= 11 is 0. The Bertz CT molecular complexity index is 807. The number of aromatic nitrogens is 2. The number of pyridine rings is 2. The zero-order chi connectivity index (χ0) is 17.4. The van der Waals surface area contributed by atoms with E-state index in [9.17, 15) is 13.6 Å². The van der Waals surface area contributed by atoms with Crippen LogP contribution in [0.3, 0.4) is 0 Å². The van der Waals surface area contributed by atoms with E-state index >= 15 is 0 Å². The van der Waals surface area contributed by atoms with Crippen molar-refractivity contribution in [1.82, 2.24) is 9.97 Å². The highest BCUT2D eigenvalue weighted by atomic mass is 19.3. The van der Waals surface area contributed by atoms with Crippen LogP contribution >= 0.6 is 0 Å². The Balaban J connectivity index is 1.64. The third kappa shape index (κ3) is 3.33. The van der Waals surface area contributed by atoms with Crippen LogP contribution in [0.4, 0.5) is 8.78 Å². The van der Waals surface area contributed by atoms with E-state index in [0.29, 0.717) is 30.1 Å². The first-order valence-corrected chi connectivity index (χ1v) is 9.38. The Morgan fingerprint density at radius 2 is 1.88 bits per heavy atom. The second-order valence-electron chi connectivity index (χ2n) is 7.76. The van der Waals surface area contributed by atoms with Gasteiger partial charge >= 0.3 is 0 Å². The van der Waals surface area contributed by atoms with Crippen LogP contribution in [-0.2, 0) is 0 Å². The standard InChI is InChI=1S/C20H24F2N2O/c21-20(22)8-5-13(6-9-20)14-3-1-2-4-15(14)18-11-19(25)16-12-23-10-7-17(16)24-18/h7,10-15H,1-6,8-9H2,(H,24,25). The molecule has 25 heavy (non-hydrogen) atoms. The van der Waals surface area contributed by atoms with Crippen LogP contribution in [0.25, 0.3) is 10.9 Å². The predicted octanol–water partition coefficient (Wildman–Crippen LogP) is 5.02. The second kappa shape index (κ2) is 6.50. The van der Waals surface area contributed by atoms with Gasteiger partial charge in [-0.25, -0.2) is 8.78 Å². The van der Waals surface area contributed by atoms with E-state index in [1.807, 2.05) is 6.07 Å². The number of halogens is 2. The topological polar surface area (TPSA) is 45.8 Å². The van der Waals surface area contributed by atoms with Gasteiger partial charge in [0.1, 0.15) is 0 Å². The second-order valence-corrected chi connectivity index (χ2v) is 7.76. The van der Waals surface area contributed by atoms with Gasteiger partial charge in [-0.1, -0.05) is 12.8 Å². The minimum absolute atomic E-state index is 0.00338. The molecular weight excluding hydrogens is 322 g/mol. The Kier molecular flexibility index (Phi) is 4.34. The highest BCUT2D eigenvalue weighted by molar-refractivity contribution is 5.77. The Hall–Kier alpha value is -1.78. The number of alkyl halides is 2. The average Bonchev–Trinajstić information content (AvgIpc) is 2.62. The van der Waals surface area contributed by atoms with Gasteiger partial charge in [-0.3, -0.25) is 9.78 Å². The molecule has 2 unspecified atom stereocenters. The van der Waals surface area contributed by atoms with E-state index in [-0.39, 0.29) is 24.2 Å². The summed E-state index contributed by atoms with van der Waals surface area (Å²) in [6.07, 6.45) is 8.94. The molecule has 0 spiro atoms. The first-order chi connectivity index (χ1) is 12.0. The molecule has 0 amide bonds. The van der Waals surface area contributed by atoms with E-state index in [2.05, 4.69) is 9.97 Å². The van der Waals surface area contributed by atoms with Crippen LogP contribution < -0.4 is 5.43 Å². The summed E-state index contributed by atoms with van der Waals surface area (Å²) < 4.78 is 27.1. The van der Waals surface area contributed by atoms with Crippen molar-refractivity contribution in [3.05, 3.63) is 40.4 Å². The van der Waals surface area contributed by atoms with Crippen LogP contribution in [0.2, 0.25) is 0 Å². The molecule has 5 heteroatoms. The van der Waals surface area contributed by atoms with Crippen molar-refractivity contribution >= 4 is 10.9 Å². The fourth-order valence-corrected chi connectivity index (χ4v) is 4.91. The van der Waals surface area contributed by atoms with Crippen molar-refractivity contribution in [3.8, 4) is 0 Å². The maximum Gasteiger partial charge on any atom is 0.248 e. The molecule has 0 saturated heterocycles.